The highest BCUT2D eigenvalue weighted by molar-refractivity contribution is 4.90. The van der Waals surface area contributed by atoms with Crippen LogP contribution in [-0.2, 0) is 4.74 Å². The Morgan fingerprint density at radius 3 is 2.76 bits per heavy atom. The highest BCUT2D eigenvalue weighted by atomic mass is 16.5. The zero-order chi connectivity index (χ0) is 15.1. The average Bonchev–Trinajstić information content (AvgIpc) is 2.67. The summed E-state index contributed by atoms with van der Waals surface area (Å²) in [6, 6.07) is 0.706. The Morgan fingerprint density at radius 2 is 2.10 bits per heavy atom. The Hall–Kier alpha value is -0.160. The van der Waals surface area contributed by atoms with E-state index < -0.39 is 0 Å². The molecule has 4 nitrogen and oxygen atoms in total. The summed E-state index contributed by atoms with van der Waals surface area (Å²) in [7, 11) is 2.27. The molecule has 2 atom stereocenters. The molecule has 2 unspecified atom stereocenters. The molecule has 0 aromatic heterocycles. The zero-order valence-electron chi connectivity index (χ0n) is 14.4. The highest BCUT2D eigenvalue weighted by Gasteiger charge is 2.36. The van der Waals surface area contributed by atoms with Crippen LogP contribution in [0.2, 0.25) is 0 Å². The quantitative estimate of drug-likeness (QED) is 0.809. The lowest BCUT2D eigenvalue weighted by atomic mass is 9.81. The second kappa shape index (κ2) is 8.47. The monoisotopic (exact) mass is 297 g/mol. The highest BCUT2D eigenvalue weighted by Crippen LogP contribution is 2.30. The molecule has 0 saturated carbocycles. The summed E-state index contributed by atoms with van der Waals surface area (Å²) < 4.78 is 5.87. The molecule has 0 radical (unpaired) electrons. The molecule has 0 aromatic carbocycles. The normalized spacial score (nSPS) is 33.0. The van der Waals surface area contributed by atoms with Crippen LogP contribution >= 0.6 is 0 Å². The molecule has 1 N–H and O–H groups in total. The summed E-state index contributed by atoms with van der Waals surface area (Å²) in [6.45, 7) is 13.5. The lowest BCUT2D eigenvalue weighted by molar-refractivity contribution is -0.0325. The third-order valence-corrected chi connectivity index (χ3v) is 5.19. The first-order valence-corrected chi connectivity index (χ1v) is 8.90. The number of nitrogens with zero attached hydrogens (tertiary/aromatic N) is 2. The molecule has 0 amide bonds. The van der Waals surface area contributed by atoms with Crippen molar-refractivity contribution in [2.45, 2.75) is 45.6 Å². The van der Waals surface area contributed by atoms with Gasteiger partial charge in [-0.1, -0.05) is 13.8 Å². The molecular weight excluding hydrogens is 262 g/mol. The van der Waals surface area contributed by atoms with Gasteiger partial charge in [0.05, 0.1) is 6.61 Å². The standard InChI is InChI=1S/C17H35N3O/c1-4-16-12-19(3)9-7-10-20(16)14-17(13-18-5-2)8-6-11-21-15-17/h16,18H,4-15H2,1-3H3. The SMILES string of the molecule is CCNCC1(CN2CCCN(C)CC2CC)CCCOC1. The van der Waals surface area contributed by atoms with Gasteiger partial charge >= 0.3 is 0 Å². The van der Waals surface area contributed by atoms with Crippen LogP contribution in [-0.4, -0.2) is 75.4 Å². The topological polar surface area (TPSA) is 27.7 Å². The number of nitrogens with one attached hydrogen (secondary N) is 1. The molecule has 2 aliphatic heterocycles. The molecule has 2 fully saturated rings. The van der Waals surface area contributed by atoms with Crippen molar-refractivity contribution >= 4 is 0 Å². The van der Waals surface area contributed by atoms with E-state index in [0.29, 0.717) is 11.5 Å². The van der Waals surface area contributed by atoms with E-state index in [4.69, 9.17) is 4.74 Å². The number of ether oxygens (including phenoxy) is 1. The molecule has 21 heavy (non-hydrogen) atoms. The van der Waals surface area contributed by atoms with Crippen molar-refractivity contribution in [1.82, 2.24) is 15.1 Å². The molecule has 2 rings (SSSR count). The van der Waals surface area contributed by atoms with Gasteiger partial charge in [0, 0.05) is 37.7 Å². The minimum atomic E-state index is 0.324. The van der Waals surface area contributed by atoms with Gasteiger partial charge in [0.25, 0.3) is 0 Å². The third kappa shape index (κ3) is 4.92. The van der Waals surface area contributed by atoms with Crippen molar-refractivity contribution in [3.05, 3.63) is 0 Å². The van der Waals surface area contributed by atoms with E-state index in [2.05, 4.69) is 36.0 Å². The Balaban J connectivity index is 2.02. The first-order valence-electron chi connectivity index (χ1n) is 8.90. The van der Waals surface area contributed by atoms with Gasteiger partial charge in [-0.05, 0) is 52.4 Å². The van der Waals surface area contributed by atoms with Gasteiger partial charge < -0.3 is 15.0 Å². The molecule has 2 heterocycles. The molecule has 0 aliphatic carbocycles. The third-order valence-electron chi connectivity index (χ3n) is 5.19. The van der Waals surface area contributed by atoms with Crippen LogP contribution in [0.5, 0.6) is 0 Å². The Labute approximate surface area is 131 Å². The lowest BCUT2D eigenvalue weighted by Crippen LogP contribution is -2.52. The van der Waals surface area contributed by atoms with Crippen LogP contribution in [0.3, 0.4) is 0 Å². The van der Waals surface area contributed by atoms with Crippen LogP contribution in [0, 0.1) is 5.41 Å². The summed E-state index contributed by atoms with van der Waals surface area (Å²) in [6.07, 6.45) is 5.08. The average molecular weight is 297 g/mol. The van der Waals surface area contributed by atoms with Gasteiger partial charge in [0.15, 0.2) is 0 Å². The Morgan fingerprint density at radius 1 is 1.24 bits per heavy atom. The van der Waals surface area contributed by atoms with Crippen molar-refractivity contribution in [2.24, 2.45) is 5.41 Å². The van der Waals surface area contributed by atoms with E-state index in [9.17, 15) is 0 Å². The predicted molar refractivity (Wildman–Crippen MR) is 88.8 cm³/mol. The van der Waals surface area contributed by atoms with E-state index in [1.165, 1.54) is 51.9 Å². The maximum Gasteiger partial charge on any atom is 0.0546 e. The molecule has 4 heteroatoms. The largest absolute Gasteiger partial charge is 0.381 e. The van der Waals surface area contributed by atoms with Gasteiger partial charge in [0.1, 0.15) is 0 Å². The van der Waals surface area contributed by atoms with Crippen molar-refractivity contribution in [3.63, 3.8) is 0 Å². The second-order valence-corrected chi connectivity index (χ2v) is 7.08. The summed E-state index contributed by atoms with van der Waals surface area (Å²) >= 11 is 0. The molecule has 0 bridgehead atoms. The van der Waals surface area contributed by atoms with E-state index in [0.717, 1.165) is 26.3 Å². The van der Waals surface area contributed by atoms with E-state index >= 15 is 0 Å². The zero-order valence-corrected chi connectivity index (χ0v) is 14.4. The van der Waals surface area contributed by atoms with Gasteiger partial charge in [0.2, 0.25) is 0 Å². The smallest absolute Gasteiger partial charge is 0.0546 e. The Kier molecular flexibility index (Phi) is 6.93. The van der Waals surface area contributed by atoms with Crippen LogP contribution in [0.25, 0.3) is 0 Å². The van der Waals surface area contributed by atoms with E-state index in [1.54, 1.807) is 0 Å². The number of hydrogen-bond donors (Lipinski definition) is 1. The first kappa shape index (κ1) is 17.2. The maximum atomic E-state index is 5.87. The predicted octanol–water partition coefficient (Wildman–Crippen LogP) is 1.81. The second-order valence-electron chi connectivity index (χ2n) is 7.08. The van der Waals surface area contributed by atoms with Crippen LogP contribution in [0.4, 0.5) is 0 Å². The summed E-state index contributed by atoms with van der Waals surface area (Å²) in [5, 5.41) is 3.59. The minimum Gasteiger partial charge on any atom is -0.381 e. The minimum absolute atomic E-state index is 0.324. The van der Waals surface area contributed by atoms with Crippen molar-refractivity contribution < 1.29 is 4.74 Å². The summed E-state index contributed by atoms with van der Waals surface area (Å²) in [5.41, 5.74) is 0.324. The van der Waals surface area contributed by atoms with Gasteiger partial charge in [-0.25, -0.2) is 0 Å². The fraction of sp³-hybridized carbons (Fsp3) is 1.00. The van der Waals surface area contributed by atoms with Crippen LogP contribution in [0.15, 0.2) is 0 Å². The van der Waals surface area contributed by atoms with Gasteiger partial charge in [-0.3, -0.25) is 4.90 Å². The maximum absolute atomic E-state index is 5.87. The fourth-order valence-electron chi connectivity index (χ4n) is 3.94. The lowest BCUT2D eigenvalue weighted by Gasteiger charge is -2.43. The summed E-state index contributed by atoms with van der Waals surface area (Å²) in [5.74, 6) is 0. The van der Waals surface area contributed by atoms with Gasteiger partial charge in [-0.15, -0.1) is 0 Å². The Bertz CT molecular complexity index is 292. The van der Waals surface area contributed by atoms with Crippen LogP contribution in [0.1, 0.15) is 39.5 Å². The van der Waals surface area contributed by atoms with Gasteiger partial charge in [-0.2, -0.15) is 0 Å². The van der Waals surface area contributed by atoms with Crippen LogP contribution < -0.4 is 5.32 Å². The molecular formula is C17H35N3O. The number of likely N-dealkylation sites (N-methyl/N-ethyl adjacent to an activating group) is 1. The fourth-order valence-corrected chi connectivity index (χ4v) is 3.94. The molecule has 0 spiro atoms. The number of hydrogen-bond acceptors (Lipinski definition) is 4. The number of rotatable bonds is 6. The molecule has 2 saturated heterocycles. The first-order chi connectivity index (χ1) is 10.2. The molecule has 2 aliphatic rings. The van der Waals surface area contributed by atoms with Crippen molar-refractivity contribution in [1.29, 1.82) is 0 Å². The summed E-state index contributed by atoms with van der Waals surface area (Å²) in [4.78, 5) is 5.26. The molecule has 124 valence electrons. The van der Waals surface area contributed by atoms with E-state index in [-0.39, 0.29) is 0 Å². The molecule has 0 aromatic rings. The van der Waals surface area contributed by atoms with E-state index in [1.807, 2.05) is 0 Å². The van der Waals surface area contributed by atoms with Crippen molar-refractivity contribution in [2.75, 3.05) is 59.5 Å². The van der Waals surface area contributed by atoms with Crippen molar-refractivity contribution in [3.8, 4) is 0 Å².